The Kier molecular flexibility index (Phi) is 16.5. The smallest absolute Gasteiger partial charge is 0.308 e. The van der Waals surface area contributed by atoms with Crippen LogP contribution in [0.1, 0.15) is 138 Å². The third kappa shape index (κ3) is 11.3. The van der Waals surface area contributed by atoms with Crippen molar-refractivity contribution in [3.05, 3.63) is 123 Å². The predicted molar refractivity (Wildman–Crippen MR) is 258 cm³/mol. The van der Waals surface area contributed by atoms with Gasteiger partial charge in [-0.15, -0.1) is 0 Å². The number of unbranched alkanes of at least 4 members (excludes halogenated alkanes) is 4. The van der Waals surface area contributed by atoms with Gasteiger partial charge in [0.25, 0.3) is 0 Å². The van der Waals surface area contributed by atoms with Crippen LogP contribution in [0, 0.1) is 41.4 Å². The number of fused-ring (bicyclic) bond motifs is 5. The van der Waals surface area contributed by atoms with Gasteiger partial charge in [0.15, 0.2) is 5.79 Å². The Morgan fingerprint density at radius 1 is 0.908 bits per heavy atom. The minimum atomic E-state index is -2.60. The summed E-state index contributed by atoms with van der Waals surface area (Å²) in [6.07, 6.45) is 26.0. The summed E-state index contributed by atoms with van der Waals surface area (Å²) >= 11 is 0. The summed E-state index contributed by atoms with van der Waals surface area (Å²) in [5, 5.41) is 48.6. The number of carbonyl (C=O) groups is 3. The van der Waals surface area contributed by atoms with Crippen LogP contribution < -0.4 is 16.2 Å². The summed E-state index contributed by atoms with van der Waals surface area (Å²) in [6.45, 7) is 2.81. The Bertz CT molecular complexity index is 2300. The van der Waals surface area contributed by atoms with Gasteiger partial charge in [-0.2, -0.15) is 0 Å². The van der Waals surface area contributed by atoms with E-state index in [4.69, 9.17) is 5.73 Å². The number of hydrogen-bond donors (Lipinski definition) is 5. The van der Waals surface area contributed by atoms with E-state index in [-0.39, 0.29) is 35.5 Å². The molecule has 6 N–H and O–H groups in total. The molecule has 2 bridgehead atoms. The van der Waals surface area contributed by atoms with Gasteiger partial charge < -0.3 is 35.7 Å². The molecular weight excluding hydrogens is 811 g/mol. The molecular formula is C57H73NO7. The highest BCUT2D eigenvalue weighted by Crippen LogP contribution is 2.55. The molecule has 7 rings (SSSR count). The predicted octanol–water partition coefficient (Wildman–Crippen LogP) is 8.99. The zero-order chi connectivity index (χ0) is 46.0. The van der Waals surface area contributed by atoms with Crippen LogP contribution in [0.5, 0.6) is 5.75 Å². The van der Waals surface area contributed by atoms with E-state index in [2.05, 4.69) is 61.5 Å². The number of rotatable bonds is 19. The fourth-order valence-corrected chi connectivity index (χ4v) is 12.4. The van der Waals surface area contributed by atoms with Crippen molar-refractivity contribution >= 4 is 30.7 Å². The lowest BCUT2D eigenvalue weighted by Gasteiger charge is -2.51. The third-order valence-electron chi connectivity index (χ3n) is 15.9. The quantitative estimate of drug-likeness (QED) is 0.0346. The van der Waals surface area contributed by atoms with Gasteiger partial charge >= 0.3 is 5.97 Å². The first kappa shape index (κ1) is 48.3. The number of hydrogen-bond acceptors (Lipinski definition) is 7. The van der Waals surface area contributed by atoms with E-state index in [1.165, 1.54) is 10.8 Å². The molecule has 0 aromatic heterocycles. The molecule has 0 heterocycles. The fourth-order valence-electron chi connectivity index (χ4n) is 12.4. The maximum Gasteiger partial charge on any atom is 0.308 e. The van der Waals surface area contributed by atoms with Crippen molar-refractivity contribution in [1.82, 2.24) is 0 Å². The molecule has 3 aromatic rings. The normalized spacial score (nSPS) is 26.9. The summed E-state index contributed by atoms with van der Waals surface area (Å²) in [5.41, 5.74) is 10.3. The minimum absolute atomic E-state index is 0.00342. The number of benzene rings is 3. The monoisotopic (exact) mass is 884 g/mol. The van der Waals surface area contributed by atoms with Crippen LogP contribution in [-0.2, 0) is 32.6 Å². The number of aliphatic hydroxyl groups is 2. The molecule has 8 nitrogen and oxygen atoms in total. The molecule has 9 unspecified atom stereocenters. The van der Waals surface area contributed by atoms with Crippen molar-refractivity contribution in [2.24, 2.45) is 47.2 Å². The maximum absolute atomic E-state index is 14.0. The molecule has 1 spiro atoms. The van der Waals surface area contributed by atoms with Crippen LogP contribution in [0.2, 0.25) is 0 Å². The van der Waals surface area contributed by atoms with Crippen LogP contribution in [0.3, 0.4) is 0 Å². The number of aryl methyl sites for hydroxylation is 1. The molecule has 0 radical (unpaired) electrons. The van der Waals surface area contributed by atoms with E-state index < -0.39 is 35.4 Å². The molecule has 0 aliphatic heterocycles. The Morgan fingerprint density at radius 3 is 2.45 bits per heavy atom. The summed E-state index contributed by atoms with van der Waals surface area (Å²) < 4.78 is 0. The number of carboxylic acid groups (broad SMARTS) is 1. The molecule has 348 valence electrons. The van der Waals surface area contributed by atoms with Crippen LogP contribution >= 0.6 is 0 Å². The van der Waals surface area contributed by atoms with E-state index >= 15 is 0 Å². The number of carboxylic acids is 1. The van der Waals surface area contributed by atoms with E-state index in [0.717, 1.165) is 117 Å². The zero-order valence-electron chi connectivity index (χ0n) is 38.5. The number of phenolic OH excluding ortho intramolecular Hbond substituents is 1. The molecule has 9 atom stereocenters. The van der Waals surface area contributed by atoms with Crippen molar-refractivity contribution in [3.8, 4) is 5.75 Å². The van der Waals surface area contributed by atoms with Crippen LogP contribution in [0.4, 0.5) is 0 Å². The van der Waals surface area contributed by atoms with Gasteiger partial charge in [-0.25, -0.2) is 0 Å². The van der Waals surface area contributed by atoms with E-state index in [1.54, 1.807) is 6.08 Å². The van der Waals surface area contributed by atoms with Crippen molar-refractivity contribution < 1.29 is 34.8 Å². The second kappa shape index (κ2) is 22.2. The Morgan fingerprint density at radius 2 is 1.71 bits per heavy atom. The molecule has 1 fully saturated rings. The van der Waals surface area contributed by atoms with Crippen LogP contribution in [0.15, 0.2) is 90.5 Å². The van der Waals surface area contributed by atoms with Crippen molar-refractivity contribution in [1.29, 1.82) is 0 Å². The number of carbonyl (C=O) groups excluding carboxylic acids is 2. The van der Waals surface area contributed by atoms with Crippen molar-refractivity contribution in [2.75, 3.05) is 6.54 Å². The maximum atomic E-state index is 14.0. The van der Waals surface area contributed by atoms with Crippen molar-refractivity contribution in [3.63, 3.8) is 0 Å². The molecule has 8 heteroatoms. The summed E-state index contributed by atoms with van der Waals surface area (Å²) in [4.78, 5) is 38.4. The first-order valence-electron chi connectivity index (χ1n) is 24.8. The lowest BCUT2D eigenvalue weighted by molar-refractivity contribution is -0.212. The minimum Gasteiger partial charge on any atom is -0.508 e. The highest BCUT2D eigenvalue weighted by Gasteiger charge is 2.56. The lowest BCUT2D eigenvalue weighted by Crippen LogP contribution is -2.55. The average Bonchev–Trinajstić information content (AvgIpc) is 3.76. The van der Waals surface area contributed by atoms with Gasteiger partial charge in [-0.05, 0) is 152 Å². The van der Waals surface area contributed by atoms with Crippen LogP contribution in [-0.4, -0.2) is 51.3 Å². The van der Waals surface area contributed by atoms with Crippen molar-refractivity contribution in [2.45, 2.75) is 140 Å². The molecule has 65 heavy (non-hydrogen) atoms. The third-order valence-corrected chi connectivity index (χ3v) is 15.9. The number of allylic oxidation sites excluding steroid dienone is 2. The summed E-state index contributed by atoms with van der Waals surface area (Å²) in [7, 11) is 0. The largest absolute Gasteiger partial charge is 0.508 e. The molecule has 0 saturated heterocycles. The highest BCUT2D eigenvalue weighted by atomic mass is 16.5. The Balaban J connectivity index is 1.27. The molecule has 0 amide bonds. The fraction of sp³-hybridized carbons (Fsp3) is 0.526. The molecule has 4 aliphatic carbocycles. The zero-order valence-corrected chi connectivity index (χ0v) is 38.5. The SMILES string of the molecule is CCCCCc1cc(C2Cc3cccc(c3)C3(CCC4C=c5ccccc5=CC4C3)C(C(=O)O)C(C(O)(O)CC=O)C=CCC2CCCCCC(C=O)C2C=C(CCN)CC2)ccc1O. The standard InChI is InChI=1S/C57H73NO7/c1-2-3-5-16-47-36-46(23-24-53(47)61)51-33-40-12-10-19-50(32-40)56(27-25-45-34-42-14-8-9-15-43(42)35-49(45)37-56)54(55(62)63)52(57(64,65)28-30-59)20-11-18-41(51)13-6-4-7-17-48(38-60)44-22-21-39(31-44)26-29-58/h8-12,14-15,19-20,23-24,30-32,34-36,38,41,44-45,48-49,51-52,54,61,64-65H,2-7,13,16-18,21-22,25-29,33,37,58H2,1H3,(H,62,63). The number of phenols is 1. The van der Waals surface area contributed by atoms with Gasteiger partial charge in [-0.1, -0.05) is 136 Å². The summed E-state index contributed by atoms with van der Waals surface area (Å²) in [6, 6.07) is 22.8. The molecule has 4 aliphatic rings. The van der Waals surface area contributed by atoms with Gasteiger partial charge in [0, 0.05) is 17.3 Å². The highest BCUT2D eigenvalue weighted by molar-refractivity contribution is 5.74. The van der Waals surface area contributed by atoms with Gasteiger partial charge in [0.05, 0.1) is 12.3 Å². The first-order valence-corrected chi connectivity index (χ1v) is 24.8. The van der Waals surface area contributed by atoms with Gasteiger partial charge in [-0.3, -0.25) is 4.79 Å². The number of nitrogens with two attached hydrogens (primary N) is 1. The average molecular weight is 884 g/mol. The lowest BCUT2D eigenvalue weighted by atomic mass is 9.53. The Hall–Kier alpha value is -4.63. The van der Waals surface area contributed by atoms with Gasteiger partial charge in [0.2, 0.25) is 0 Å². The number of aldehydes is 2. The van der Waals surface area contributed by atoms with E-state index in [1.807, 2.05) is 36.4 Å². The number of aliphatic carboxylic acids is 1. The second-order valence-electron chi connectivity index (χ2n) is 20.1. The first-order chi connectivity index (χ1) is 31.5. The summed E-state index contributed by atoms with van der Waals surface area (Å²) in [5.74, 6) is -5.26. The topological polar surface area (TPSA) is 158 Å². The number of aromatic hydroxyl groups is 1. The van der Waals surface area contributed by atoms with Gasteiger partial charge in [0.1, 0.15) is 18.3 Å². The molecule has 3 aromatic carbocycles. The van der Waals surface area contributed by atoms with E-state index in [9.17, 15) is 34.8 Å². The van der Waals surface area contributed by atoms with E-state index in [0.29, 0.717) is 44.3 Å². The van der Waals surface area contributed by atoms with Crippen LogP contribution in [0.25, 0.3) is 12.2 Å². The molecule has 1 saturated carbocycles. The second-order valence-corrected chi connectivity index (χ2v) is 20.1. The Labute approximate surface area is 386 Å².